The number of carbonyl (C=O) groups is 1. The van der Waals surface area contributed by atoms with Gasteiger partial charge in [-0.05, 0) is 54.5 Å². The van der Waals surface area contributed by atoms with Gasteiger partial charge in [-0.15, -0.1) is 11.3 Å². The Bertz CT molecular complexity index is 622. The van der Waals surface area contributed by atoms with Crippen molar-refractivity contribution < 1.29 is 14.3 Å². The lowest BCUT2D eigenvalue weighted by Crippen LogP contribution is -2.42. The van der Waals surface area contributed by atoms with E-state index in [1.807, 2.05) is 17.5 Å². The minimum atomic E-state index is -0.996. The van der Waals surface area contributed by atoms with Crippen molar-refractivity contribution in [2.75, 3.05) is 6.54 Å². The van der Waals surface area contributed by atoms with Crippen molar-refractivity contribution in [3.8, 4) is 0 Å². The lowest BCUT2D eigenvalue weighted by molar-refractivity contribution is 0.0169. The van der Waals surface area contributed by atoms with Crippen LogP contribution in [-0.4, -0.2) is 17.6 Å². The fraction of sp³-hybridized carbons (Fsp3) is 0.312. The molecule has 2 N–H and O–H groups in total. The van der Waals surface area contributed by atoms with E-state index in [1.165, 1.54) is 35.6 Å². The van der Waals surface area contributed by atoms with E-state index in [1.54, 1.807) is 0 Å². The van der Waals surface area contributed by atoms with Crippen LogP contribution in [0.5, 0.6) is 0 Å². The number of hydrogen-bond donors (Lipinski definition) is 2. The van der Waals surface area contributed by atoms with Gasteiger partial charge >= 0.3 is 0 Å². The molecule has 1 atom stereocenters. The Morgan fingerprint density at radius 2 is 2.05 bits per heavy atom. The van der Waals surface area contributed by atoms with Crippen LogP contribution in [0.2, 0.25) is 0 Å². The average Bonchev–Trinajstić information content (AvgIpc) is 3.20. The van der Waals surface area contributed by atoms with Crippen LogP contribution in [-0.2, 0) is 5.60 Å². The summed E-state index contributed by atoms with van der Waals surface area (Å²) in [5.74, 6) is -0.477. The standard InChI is InChI=1S/C16H16FNO2S/c17-13-7-3-11(4-8-13)15(19)18-10-16(20,12-5-6-12)14-2-1-9-21-14/h1-4,7-9,12,20H,5-6,10H2,(H,18,19). The molecule has 1 heterocycles. The smallest absolute Gasteiger partial charge is 0.251 e. The SMILES string of the molecule is O=C(NCC(O)(c1cccs1)C1CC1)c1ccc(F)cc1. The van der Waals surface area contributed by atoms with Gasteiger partial charge in [0.1, 0.15) is 11.4 Å². The fourth-order valence-corrected chi connectivity index (χ4v) is 3.34. The van der Waals surface area contributed by atoms with Gasteiger partial charge in [0.2, 0.25) is 0 Å². The van der Waals surface area contributed by atoms with Gasteiger partial charge in [-0.25, -0.2) is 4.39 Å². The second kappa shape index (κ2) is 5.58. The van der Waals surface area contributed by atoms with Gasteiger partial charge in [-0.1, -0.05) is 6.07 Å². The van der Waals surface area contributed by atoms with Crippen molar-refractivity contribution in [2.45, 2.75) is 18.4 Å². The van der Waals surface area contributed by atoms with Crippen LogP contribution in [0, 0.1) is 11.7 Å². The molecular formula is C16H16FNO2S. The molecule has 0 bridgehead atoms. The molecule has 1 unspecified atom stereocenters. The Morgan fingerprint density at radius 1 is 1.33 bits per heavy atom. The molecule has 0 spiro atoms. The quantitative estimate of drug-likeness (QED) is 0.892. The highest BCUT2D eigenvalue weighted by molar-refractivity contribution is 7.10. The molecule has 0 aliphatic heterocycles. The molecule has 1 saturated carbocycles. The minimum absolute atomic E-state index is 0.175. The van der Waals surface area contributed by atoms with Crippen LogP contribution in [0.15, 0.2) is 41.8 Å². The van der Waals surface area contributed by atoms with E-state index in [0.717, 1.165) is 17.7 Å². The first-order valence-electron chi connectivity index (χ1n) is 6.90. The summed E-state index contributed by atoms with van der Waals surface area (Å²) < 4.78 is 12.9. The van der Waals surface area contributed by atoms with Crippen molar-refractivity contribution in [2.24, 2.45) is 5.92 Å². The van der Waals surface area contributed by atoms with Gasteiger partial charge in [-0.2, -0.15) is 0 Å². The minimum Gasteiger partial charge on any atom is -0.382 e. The third-order valence-corrected chi connectivity index (χ3v) is 4.86. The highest BCUT2D eigenvalue weighted by atomic mass is 32.1. The van der Waals surface area contributed by atoms with E-state index in [-0.39, 0.29) is 24.2 Å². The first-order valence-corrected chi connectivity index (χ1v) is 7.78. The highest BCUT2D eigenvalue weighted by Crippen LogP contribution is 2.46. The van der Waals surface area contributed by atoms with Crippen LogP contribution < -0.4 is 5.32 Å². The van der Waals surface area contributed by atoms with Crippen molar-refractivity contribution in [3.05, 3.63) is 58.0 Å². The number of nitrogens with one attached hydrogen (secondary N) is 1. The van der Waals surface area contributed by atoms with Crippen molar-refractivity contribution in [1.29, 1.82) is 0 Å². The van der Waals surface area contributed by atoms with E-state index >= 15 is 0 Å². The predicted octanol–water partition coefficient (Wildman–Crippen LogP) is 2.91. The topological polar surface area (TPSA) is 49.3 Å². The number of thiophene rings is 1. The van der Waals surface area contributed by atoms with Crippen LogP contribution in [0.1, 0.15) is 28.1 Å². The van der Waals surface area contributed by atoms with Crippen LogP contribution in [0.4, 0.5) is 4.39 Å². The second-order valence-corrected chi connectivity index (χ2v) is 6.31. The molecule has 0 saturated heterocycles. The molecule has 1 amide bonds. The molecule has 5 heteroatoms. The number of hydrogen-bond acceptors (Lipinski definition) is 3. The predicted molar refractivity (Wildman–Crippen MR) is 79.7 cm³/mol. The maximum atomic E-state index is 12.9. The summed E-state index contributed by atoms with van der Waals surface area (Å²) in [6.45, 7) is 0.175. The zero-order valence-corrected chi connectivity index (χ0v) is 12.2. The lowest BCUT2D eigenvalue weighted by Gasteiger charge is -2.27. The molecule has 1 fully saturated rings. The number of benzene rings is 1. The van der Waals surface area contributed by atoms with Gasteiger partial charge in [0.05, 0.1) is 6.54 Å². The fourth-order valence-electron chi connectivity index (χ4n) is 2.44. The normalized spacial score (nSPS) is 17.2. The summed E-state index contributed by atoms with van der Waals surface area (Å²) in [7, 11) is 0. The second-order valence-electron chi connectivity index (χ2n) is 5.37. The number of aliphatic hydroxyl groups is 1. The number of amides is 1. The Kier molecular flexibility index (Phi) is 3.78. The van der Waals surface area contributed by atoms with Gasteiger partial charge in [-0.3, -0.25) is 4.79 Å². The average molecular weight is 305 g/mol. The van der Waals surface area contributed by atoms with Crippen LogP contribution in [0.25, 0.3) is 0 Å². The molecule has 3 rings (SSSR count). The maximum absolute atomic E-state index is 12.9. The maximum Gasteiger partial charge on any atom is 0.251 e. The van der Waals surface area contributed by atoms with E-state index < -0.39 is 5.60 Å². The summed E-state index contributed by atoms with van der Waals surface area (Å²) in [4.78, 5) is 13.0. The van der Waals surface area contributed by atoms with Crippen LogP contribution in [0.3, 0.4) is 0 Å². The number of halogens is 1. The number of rotatable bonds is 5. The number of carbonyl (C=O) groups excluding carboxylic acids is 1. The van der Waals surface area contributed by atoms with Gasteiger partial charge < -0.3 is 10.4 Å². The molecule has 0 radical (unpaired) electrons. The summed E-state index contributed by atoms with van der Waals surface area (Å²) in [6, 6.07) is 9.17. The van der Waals surface area contributed by atoms with Crippen molar-refractivity contribution in [1.82, 2.24) is 5.32 Å². The lowest BCUT2D eigenvalue weighted by atomic mass is 9.95. The first-order chi connectivity index (χ1) is 10.1. The first kappa shape index (κ1) is 14.2. The molecule has 3 nitrogen and oxygen atoms in total. The molecule has 1 aromatic carbocycles. The van der Waals surface area contributed by atoms with E-state index in [0.29, 0.717) is 5.56 Å². The summed E-state index contributed by atoms with van der Waals surface area (Å²) in [6.07, 6.45) is 1.95. The molecular weight excluding hydrogens is 289 g/mol. The molecule has 110 valence electrons. The van der Waals surface area contributed by atoms with Crippen LogP contribution >= 0.6 is 11.3 Å². The Balaban J connectivity index is 1.70. The van der Waals surface area contributed by atoms with Gasteiger partial charge in [0.25, 0.3) is 5.91 Å². The molecule has 21 heavy (non-hydrogen) atoms. The van der Waals surface area contributed by atoms with E-state index in [2.05, 4.69) is 5.32 Å². The van der Waals surface area contributed by atoms with Crippen molar-refractivity contribution in [3.63, 3.8) is 0 Å². The Labute approximate surface area is 126 Å². The van der Waals surface area contributed by atoms with Gasteiger partial charge in [0, 0.05) is 10.4 Å². The van der Waals surface area contributed by atoms with E-state index in [9.17, 15) is 14.3 Å². The molecule has 2 aromatic rings. The summed E-state index contributed by atoms with van der Waals surface area (Å²) >= 11 is 1.50. The van der Waals surface area contributed by atoms with Gasteiger partial charge in [0.15, 0.2) is 0 Å². The summed E-state index contributed by atoms with van der Waals surface area (Å²) in [5, 5.41) is 15.6. The third-order valence-electron chi connectivity index (χ3n) is 3.83. The highest BCUT2D eigenvalue weighted by Gasteiger charge is 2.45. The monoisotopic (exact) mass is 305 g/mol. The zero-order chi connectivity index (χ0) is 14.9. The largest absolute Gasteiger partial charge is 0.382 e. The summed E-state index contributed by atoms with van der Waals surface area (Å²) in [5.41, 5.74) is -0.607. The molecule has 1 aliphatic rings. The Morgan fingerprint density at radius 3 is 2.62 bits per heavy atom. The van der Waals surface area contributed by atoms with Crippen molar-refractivity contribution >= 4 is 17.2 Å². The third kappa shape index (κ3) is 2.99. The molecule has 1 aromatic heterocycles. The van der Waals surface area contributed by atoms with E-state index in [4.69, 9.17) is 0 Å². The molecule has 1 aliphatic carbocycles. The Hall–Kier alpha value is -1.72. The zero-order valence-electron chi connectivity index (χ0n) is 11.4.